The van der Waals surface area contributed by atoms with Crippen molar-refractivity contribution in [1.29, 1.82) is 0 Å². The molecule has 1 aliphatic rings. The number of benzene rings is 3. The third-order valence-corrected chi connectivity index (χ3v) is 4.63. The first-order chi connectivity index (χ1) is 11.5. The highest BCUT2D eigenvalue weighted by atomic mass is 16.6. The van der Waals surface area contributed by atoms with E-state index in [0.717, 1.165) is 28.0 Å². The number of fused-ring (bicyclic) bond motifs is 2. The minimum atomic E-state index is -0.802. The van der Waals surface area contributed by atoms with Gasteiger partial charge in [0.2, 0.25) is 0 Å². The van der Waals surface area contributed by atoms with Crippen LogP contribution in [0, 0.1) is 6.92 Å². The zero-order chi connectivity index (χ0) is 16.8. The lowest BCUT2D eigenvalue weighted by Crippen LogP contribution is -2.63. The molecule has 2 unspecified atom stereocenters. The molecule has 0 fully saturated rings. The molecule has 0 saturated heterocycles. The summed E-state index contributed by atoms with van der Waals surface area (Å²) in [5, 5.41) is 5.67. The lowest BCUT2D eigenvalue weighted by molar-refractivity contribution is -0.0764. The SMILES string of the molecule is [CH2-]C1(C)Oc2cc3ccccc3cc2OC1(C)Nc1ccccc1. The third-order valence-electron chi connectivity index (χ3n) is 4.63. The summed E-state index contributed by atoms with van der Waals surface area (Å²) < 4.78 is 12.6. The van der Waals surface area contributed by atoms with Crippen LogP contribution < -0.4 is 14.8 Å². The third kappa shape index (κ3) is 2.37. The van der Waals surface area contributed by atoms with Crippen molar-refractivity contribution in [3.63, 3.8) is 0 Å². The molecule has 4 rings (SSSR count). The van der Waals surface area contributed by atoms with E-state index in [0.29, 0.717) is 0 Å². The summed E-state index contributed by atoms with van der Waals surface area (Å²) in [5.41, 5.74) is -0.634. The number of rotatable bonds is 2. The molecule has 122 valence electrons. The quantitative estimate of drug-likeness (QED) is 0.672. The maximum Gasteiger partial charge on any atom is 0.188 e. The monoisotopic (exact) mass is 318 g/mol. The summed E-state index contributed by atoms with van der Waals surface area (Å²) in [6.45, 7) is 8.14. The Hall–Kier alpha value is -2.68. The molecule has 1 heterocycles. The van der Waals surface area contributed by atoms with Crippen LogP contribution in [0.15, 0.2) is 66.7 Å². The summed E-state index contributed by atoms with van der Waals surface area (Å²) in [4.78, 5) is 0. The minimum absolute atomic E-state index is 0.721. The summed E-state index contributed by atoms with van der Waals surface area (Å²) in [6.07, 6.45) is 0. The lowest BCUT2D eigenvalue weighted by Gasteiger charge is -2.53. The van der Waals surface area contributed by atoms with Gasteiger partial charge in [-0.2, -0.15) is 0 Å². The van der Waals surface area contributed by atoms with Gasteiger partial charge in [-0.05, 0) is 48.9 Å². The highest BCUT2D eigenvalue weighted by Crippen LogP contribution is 2.45. The van der Waals surface area contributed by atoms with E-state index in [1.807, 2.05) is 68.4 Å². The normalized spacial score (nSPS) is 25.5. The fourth-order valence-corrected chi connectivity index (χ4v) is 2.98. The summed E-state index contributed by atoms with van der Waals surface area (Å²) in [7, 11) is 0. The van der Waals surface area contributed by atoms with Crippen LogP contribution in [0.2, 0.25) is 0 Å². The van der Waals surface area contributed by atoms with Crippen molar-refractivity contribution in [2.45, 2.75) is 25.2 Å². The second-order valence-corrected chi connectivity index (χ2v) is 6.61. The Kier molecular flexibility index (Phi) is 3.20. The van der Waals surface area contributed by atoms with Gasteiger partial charge in [0.25, 0.3) is 0 Å². The smallest absolute Gasteiger partial charge is 0.188 e. The van der Waals surface area contributed by atoms with E-state index >= 15 is 0 Å². The average molecular weight is 318 g/mol. The fourth-order valence-electron chi connectivity index (χ4n) is 2.98. The molecular weight excluding hydrogens is 298 g/mol. The van der Waals surface area contributed by atoms with Crippen LogP contribution in [-0.2, 0) is 0 Å². The summed E-state index contributed by atoms with van der Waals surface area (Å²) >= 11 is 0. The Labute approximate surface area is 142 Å². The molecule has 0 aromatic heterocycles. The second kappa shape index (κ2) is 5.17. The number of para-hydroxylation sites is 1. The summed E-state index contributed by atoms with van der Waals surface area (Å²) in [5.74, 6) is 1.44. The molecule has 3 heteroatoms. The van der Waals surface area contributed by atoms with Crippen molar-refractivity contribution in [3.8, 4) is 11.5 Å². The van der Waals surface area contributed by atoms with Crippen molar-refractivity contribution in [2.24, 2.45) is 0 Å². The van der Waals surface area contributed by atoms with Gasteiger partial charge in [0, 0.05) is 11.3 Å². The van der Waals surface area contributed by atoms with E-state index in [-0.39, 0.29) is 0 Å². The first kappa shape index (κ1) is 14.9. The van der Waals surface area contributed by atoms with E-state index in [1.165, 1.54) is 0 Å². The first-order valence-corrected chi connectivity index (χ1v) is 8.06. The highest BCUT2D eigenvalue weighted by Gasteiger charge is 2.44. The molecule has 3 aromatic rings. The van der Waals surface area contributed by atoms with Crippen molar-refractivity contribution in [3.05, 3.63) is 73.7 Å². The Bertz CT molecular complexity index is 889. The van der Waals surface area contributed by atoms with Crippen LogP contribution in [0.1, 0.15) is 13.8 Å². The van der Waals surface area contributed by atoms with Gasteiger partial charge in [0.05, 0.1) is 0 Å². The Morgan fingerprint density at radius 1 is 0.792 bits per heavy atom. The topological polar surface area (TPSA) is 30.5 Å². The number of hydrogen-bond donors (Lipinski definition) is 1. The van der Waals surface area contributed by atoms with Gasteiger partial charge in [-0.3, -0.25) is 6.92 Å². The first-order valence-electron chi connectivity index (χ1n) is 8.06. The van der Waals surface area contributed by atoms with Crippen molar-refractivity contribution in [1.82, 2.24) is 0 Å². The van der Waals surface area contributed by atoms with Crippen LogP contribution in [0.25, 0.3) is 10.8 Å². The van der Waals surface area contributed by atoms with Gasteiger partial charge in [-0.25, -0.2) is 0 Å². The van der Waals surface area contributed by atoms with Gasteiger partial charge < -0.3 is 14.8 Å². The minimum Gasteiger partial charge on any atom is -0.510 e. The standard InChI is InChI=1S/C21H20NO2/c1-20(2)21(3,22-17-11-5-4-6-12-17)24-19-14-16-10-8-7-9-15(16)13-18(19)23-20/h4-14,22H,1H2,2-3H3/q-1. The molecule has 0 saturated carbocycles. The van der Waals surface area contributed by atoms with E-state index < -0.39 is 11.3 Å². The Morgan fingerprint density at radius 2 is 1.33 bits per heavy atom. The largest absolute Gasteiger partial charge is 0.510 e. The number of ether oxygens (including phenoxy) is 2. The van der Waals surface area contributed by atoms with Gasteiger partial charge in [0.1, 0.15) is 0 Å². The molecule has 1 aliphatic heterocycles. The van der Waals surface area contributed by atoms with E-state index in [1.54, 1.807) is 0 Å². The molecule has 3 nitrogen and oxygen atoms in total. The van der Waals surface area contributed by atoms with E-state index in [4.69, 9.17) is 9.47 Å². The van der Waals surface area contributed by atoms with Gasteiger partial charge >= 0.3 is 0 Å². The fraction of sp³-hybridized carbons (Fsp3) is 0.190. The zero-order valence-corrected chi connectivity index (χ0v) is 13.9. The Balaban J connectivity index is 1.77. The maximum absolute atomic E-state index is 6.35. The van der Waals surface area contributed by atoms with Crippen molar-refractivity contribution in [2.75, 3.05) is 5.32 Å². The molecule has 0 radical (unpaired) electrons. The van der Waals surface area contributed by atoms with Crippen LogP contribution in [-0.4, -0.2) is 11.3 Å². The van der Waals surface area contributed by atoms with Crippen molar-refractivity contribution >= 4 is 16.5 Å². The van der Waals surface area contributed by atoms with Crippen molar-refractivity contribution < 1.29 is 9.47 Å². The molecule has 0 bridgehead atoms. The van der Waals surface area contributed by atoms with E-state index in [9.17, 15) is 0 Å². The zero-order valence-electron chi connectivity index (χ0n) is 13.9. The molecule has 1 N–H and O–H groups in total. The molecule has 24 heavy (non-hydrogen) atoms. The Morgan fingerprint density at radius 3 is 1.96 bits per heavy atom. The second-order valence-electron chi connectivity index (χ2n) is 6.61. The van der Waals surface area contributed by atoms with Gasteiger partial charge in [-0.1, -0.05) is 42.5 Å². The van der Waals surface area contributed by atoms with Crippen LogP contribution in [0.4, 0.5) is 5.69 Å². The van der Waals surface area contributed by atoms with E-state index in [2.05, 4.69) is 24.4 Å². The lowest BCUT2D eigenvalue weighted by atomic mass is 9.93. The molecule has 2 atom stereocenters. The van der Waals surface area contributed by atoms with Gasteiger partial charge in [-0.15, -0.1) is 0 Å². The van der Waals surface area contributed by atoms with Crippen LogP contribution >= 0.6 is 0 Å². The average Bonchev–Trinajstić information content (AvgIpc) is 2.55. The molecule has 0 spiro atoms. The summed E-state index contributed by atoms with van der Waals surface area (Å²) in [6, 6.07) is 22.1. The molecule has 0 aliphatic carbocycles. The predicted molar refractivity (Wildman–Crippen MR) is 97.4 cm³/mol. The predicted octanol–water partition coefficient (Wildman–Crippen LogP) is 5.03. The number of anilines is 1. The van der Waals surface area contributed by atoms with Gasteiger partial charge in [0.15, 0.2) is 17.2 Å². The van der Waals surface area contributed by atoms with Crippen LogP contribution in [0.3, 0.4) is 0 Å². The van der Waals surface area contributed by atoms with Crippen LogP contribution in [0.5, 0.6) is 11.5 Å². The molecule has 0 amide bonds. The molecule has 3 aromatic carbocycles. The number of nitrogens with one attached hydrogen (secondary N) is 1. The molecular formula is C21H20NO2-. The number of hydrogen-bond acceptors (Lipinski definition) is 3. The maximum atomic E-state index is 6.35. The highest BCUT2D eigenvalue weighted by molar-refractivity contribution is 5.86.